The number of aliphatic hydroxyl groups is 1. The van der Waals surface area contributed by atoms with E-state index >= 15 is 0 Å². The second kappa shape index (κ2) is 13.9. The highest BCUT2D eigenvalue weighted by Gasteiger charge is 2.34. The normalized spacial score (nSPS) is 21.7. The Morgan fingerprint density at radius 2 is 1.44 bits per heavy atom. The SMILES string of the molecule is O=C(Nc1cccc([C@H]2O[C@@H](CN3CCCCCCC3)C[C@@H](c3ccc(CO)cc3)O2)c1)c1c(F)c(F)c(F)c(F)c1F. The standard InChI is InChI=1S/C32H33F5N2O4/c33-26-25(27(34)29(36)30(37)28(26)35)31(41)38-22-8-6-7-21(15-22)32-42-23(17-39-13-4-2-1-3-5-14-39)16-24(43-32)20-11-9-19(18-40)10-12-20/h6-12,15,23-24,32,40H,1-5,13-14,16-18H2,(H,38,41)/t23-,24+,32+/m1/s1. The predicted molar refractivity (Wildman–Crippen MR) is 149 cm³/mol. The van der Waals surface area contributed by atoms with Crippen LogP contribution in [0.25, 0.3) is 0 Å². The molecule has 0 unspecified atom stereocenters. The van der Waals surface area contributed by atoms with E-state index in [2.05, 4.69) is 10.2 Å². The van der Waals surface area contributed by atoms with E-state index in [1.165, 1.54) is 31.4 Å². The van der Waals surface area contributed by atoms with E-state index in [1.54, 1.807) is 12.1 Å². The number of benzene rings is 3. The molecule has 2 N–H and O–H groups in total. The summed E-state index contributed by atoms with van der Waals surface area (Å²) < 4.78 is 82.0. The van der Waals surface area contributed by atoms with Gasteiger partial charge in [0.05, 0.1) is 18.8 Å². The van der Waals surface area contributed by atoms with Gasteiger partial charge >= 0.3 is 0 Å². The van der Waals surface area contributed by atoms with Crippen LogP contribution in [-0.4, -0.2) is 41.7 Å². The fourth-order valence-electron chi connectivity index (χ4n) is 5.58. The maximum Gasteiger partial charge on any atom is 0.261 e. The van der Waals surface area contributed by atoms with Gasteiger partial charge in [0.15, 0.2) is 29.6 Å². The Morgan fingerprint density at radius 1 is 0.814 bits per heavy atom. The lowest BCUT2D eigenvalue weighted by molar-refractivity contribution is -0.253. The molecule has 43 heavy (non-hydrogen) atoms. The smallest absolute Gasteiger partial charge is 0.261 e. The molecule has 2 aliphatic heterocycles. The van der Waals surface area contributed by atoms with Crippen LogP contribution < -0.4 is 5.32 Å². The highest BCUT2D eigenvalue weighted by atomic mass is 19.2. The average molecular weight is 605 g/mol. The first-order valence-electron chi connectivity index (χ1n) is 14.4. The van der Waals surface area contributed by atoms with Crippen molar-refractivity contribution in [3.8, 4) is 0 Å². The second-order valence-electron chi connectivity index (χ2n) is 10.9. The van der Waals surface area contributed by atoms with Crippen LogP contribution >= 0.6 is 0 Å². The number of anilines is 1. The van der Waals surface area contributed by atoms with Gasteiger partial charge in [-0.3, -0.25) is 4.79 Å². The minimum atomic E-state index is -2.34. The first-order valence-corrected chi connectivity index (χ1v) is 14.4. The fraction of sp³-hybridized carbons (Fsp3) is 0.406. The third kappa shape index (κ3) is 7.23. The molecular weight excluding hydrogens is 571 g/mol. The van der Waals surface area contributed by atoms with Gasteiger partial charge in [-0.1, -0.05) is 55.7 Å². The van der Waals surface area contributed by atoms with E-state index in [9.17, 15) is 31.9 Å². The zero-order valence-corrected chi connectivity index (χ0v) is 23.4. The molecule has 0 saturated carbocycles. The van der Waals surface area contributed by atoms with Crippen molar-refractivity contribution in [2.45, 2.75) is 63.6 Å². The van der Waals surface area contributed by atoms with E-state index in [0.29, 0.717) is 18.5 Å². The van der Waals surface area contributed by atoms with Gasteiger partial charge < -0.3 is 24.8 Å². The van der Waals surface area contributed by atoms with Crippen molar-refractivity contribution in [3.63, 3.8) is 0 Å². The number of halogens is 5. The Bertz CT molecular complexity index is 1400. The predicted octanol–water partition coefficient (Wildman–Crippen LogP) is 6.94. The minimum Gasteiger partial charge on any atom is -0.392 e. The van der Waals surface area contributed by atoms with Gasteiger partial charge in [-0.15, -0.1) is 0 Å². The van der Waals surface area contributed by atoms with E-state index < -0.39 is 46.8 Å². The van der Waals surface area contributed by atoms with E-state index in [4.69, 9.17) is 9.47 Å². The molecule has 3 atom stereocenters. The van der Waals surface area contributed by atoms with Gasteiger partial charge in [-0.25, -0.2) is 22.0 Å². The molecule has 0 spiro atoms. The van der Waals surface area contributed by atoms with Crippen LogP contribution in [0.3, 0.4) is 0 Å². The summed E-state index contributed by atoms with van der Waals surface area (Å²) in [4.78, 5) is 15.0. The monoisotopic (exact) mass is 604 g/mol. The van der Waals surface area contributed by atoms with Crippen molar-refractivity contribution in [3.05, 3.63) is 99.9 Å². The van der Waals surface area contributed by atoms with Gasteiger partial charge in [-0.2, -0.15) is 0 Å². The zero-order valence-electron chi connectivity index (χ0n) is 23.4. The quantitative estimate of drug-likeness (QED) is 0.174. The number of carbonyl (C=O) groups excluding carboxylic acids is 1. The molecular formula is C32H33F5N2O4. The maximum atomic E-state index is 14.2. The van der Waals surface area contributed by atoms with E-state index in [-0.39, 0.29) is 24.5 Å². The number of ether oxygens (including phenoxy) is 2. The lowest BCUT2D eigenvalue weighted by Crippen LogP contribution is -2.40. The molecule has 2 heterocycles. The van der Waals surface area contributed by atoms with Crippen LogP contribution in [0.2, 0.25) is 0 Å². The first kappa shape index (κ1) is 31.1. The topological polar surface area (TPSA) is 71.0 Å². The van der Waals surface area contributed by atoms with Gasteiger partial charge in [-0.05, 0) is 49.2 Å². The molecule has 0 bridgehead atoms. The van der Waals surface area contributed by atoms with Crippen molar-refractivity contribution in [1.29, 1.82) is 0 Å². The van der Waals surface area contributed by atoms with E-state index in [0.717, 1.165) is 37.1 Å². The largest absolute Gasteiger partial charge is 0.392 e. The summed E-state index contributed by atoms with van der Waals surface area (Å²) in [6.07, 6.45) is 5.02. The Labute approximate surface area is 246 Å². The van der Waals surface area contributed by atoms with E-state index in [1.807, 2.05) is 24.3 Å². The van der Waals surface area contributed by atoms with Gasteiger partial charge in [0.25, 0.3) is 5.91 Å². The van der Waals surface area contributed by atoms with Crippen LogP contribution in [0.1, 0.15) is 78.0 Å². The highest BCUT2D eigenvalue weighted by Crippen LogP contribution is 2.39. The molecule has 6 nitrogen and oxygen atoms in total. The molecule has 3 aromatic carbocycles. The second-order valence-corrected chi connectivity index (χ2v) is 10.9. The van der Waals surface area contributed by atoms with Crippen molar-refractivity contribution < 1.29 is 41.3 Å². The molecule has 11 heteroatoms. The average Bonchev–Trinajstić information content (AvgIpc) is 3.00. The zero-order chi connectivity index (χ0) is 30.5. The summed E-state index contributed by atoms with van der Waals surface area (Å²) in [5.74, 6) is -12.7. The Balaban J connectivity index is 1.38. The number of aliphatic hydroxyl groups excluding tert-OH is 1. The third-order valence-corrected chi connectivity index (χ3v) is 7.88. The molecule has 2 aliphatic rings. The number of carbonyl (C=O) groups is 1. The van der Waals surface area contributed by atoms with Crippen molar-refractivity contribution in [2.24, 2.45) is 0 Å². The summed E-state index contributed by atoms with van der Waals surface area (Å²) in [6.45, 7) is 2.56. The highest BCUT2D eigenvalue weighted by molar-refractivity contribution is 6.04. The maximum absolute atomic E-state index is 14.2. The summed E-state index contributed by atoms with van der Waals surface area (Å²) in [5.41, 5.74) is 0.630. The number of hydrogen-bond donors (Lipinski definition) is 2. The van der Waals surface area contributed by atoms with Crippen LogP contribution in [0, 0.1) is 29.1 Å². The summed E-state index contributed by atoms with van der Waals surface area (Å²) in [5, 5.41) is 11.7. The fourth-order valence-corrected chi connectivity index (χ4v) is 5.58. The van der Waals surface area contributed by atoms with Crippen molar-refractivity contribution in [1.82, 2.24) is 4.90 Å². The number of rotatable bonds is 7. The lowest BCUT2D eigenvalue weighted by atomic mass is 9.99. The lowest BCUT2D eigenvalue weighted by Gasteiger charge is -2.39. The summed E-state index contributed by atoms with van der Waals surface area (Å²) >= 11 is 0. The van der Waals surface area contributed by atoms with Crippen LogP contribution in [0.15, 0.2) is 48.5 Å². The van der Waals surface area contributed by atoms with Crippen LogP contribution in [0.4, 0.5) is 27.6 Å². The minimum absolute atomic E-state index is 0.0494. The first-order chi connectivity index (χ1) is 20.7. The molecule has 0 aromatic heterocycles. The molecule has 2 saturated heterocycles. The van der Waals surface area contributed by atoms with Crippen molar-refractivity contribution >= 4 is 11.6 Å². The van der Waals surface area contributed by atoms with Gasteiger partial charge in [0, 0.05) is 24.2 Å². The third-order valence-electron chi connectivity index (χ3n) is 7.88. The number of amides is 1. The number of nitrogens with zero attached hydrogens (tertiary/aromatic N) is 1. The molecule has 1 amide bonds. The van der Waals surface area contributed by atoms with Gasteiger partial charge in [0.2, 0.25) is 5.82 Å². The number of nitrogens with one attached hydrogen (secondary N) is 1. The Hall–Kier alpha value is -3.38. The molecule has 2 fully saturated rings. The number of likely N-dealkylation sites (tertiary alicyclic amines) is 1. The number of hydrogen-bond acceptors (Lipinski definition) is 5. The van der Waals surface area contributed by atoms with Crippen LogP contribution in [-0.2, 0) is 16.1 Å². The molecule has 0 radical (unpaired) electrons. The Morgan fingerprint density at radius 3 is 2.09 bits per heavy atom. The van der Waals surface area contributed by atoms with Crippen LogP contribution in [0.5, 0.6) is 0 Å². The molecule has 0 aliphatic carbocycles. The molecule has 3 aromatic rings. The van der Waals surface area contributed by atoms with Gasteiger partial charge in [0.1, 0.15) is 5.56 Å². The Kier molecular flexibility index (Phi) is 10.1. The summed E-state index contributed by atoms with van der Waals surface area (Å²) in [7, 11) is 0. The molecule has 5 rings (SSSR count). The van der Waals surface area contributed by atoms with Crippen molar-refractivity contribution in [2.75, 3.05) is 25.0 Å². The summed E-state index contributed by atoms with van der Waals surface area (Å²) in [6, 6.07) is 13.6. The molecule has 230 valence electrons.